The van der Waals surface area contributed by atoms with Gasteiger partial charge in [-0.05, 0) is 6.42 Å². The summed E-state index contributed by atoms with van der Waals surface area (Å²) in [6.07, 6.45) is -34.2. The van der Waals surface area contributed by atoms with Crippen LogP contribution in [0.25, 0.3) is 0 Å². The molecule has 0 rings (SSSR count). The predicted molar refractivity (Wildman–Crippen MR) is 86.0 cm³/mol. The Morgan fingerprint density at radius 1 is 0.372 bits per heavy atom. The van der Waals surface area contributed by atoms with Crippen LogP contribution in [0.1, 0.15) is 6.42 Å². The zero-order valence-corrected chi connectivity index (χ0v) is 20.3. The van der Waals surface area contributed by atoms with E-state index in [1.165, 1.54) is 0 Å². The molecular formula is C13H6F22O6S2. The Labute approximate surface area is 221 Å². The summed E-state index contributed by atoms with van der Waals surface area (Å²) in [5.74, 6) is -16.7. The molecule has 0 aliphatic carbocycles. The predicted octanol–water partition coefficient (Wildman–Crippen LogP) is 6.19. The smallest absolute Gasteiger partial charge is 0.265 e. The van der Waals surface area contributed by atoms with Gasteiger partial charge in [0.1, 0.15) is 0 Å². The van der Waals surface area contributed by atoms with Gasteiger partial charge in [-0.25, -0.2) is 8.78 Å². The molecule has 0 aromatic carbocycles. The molecule has 0 amide bonds. The molecule has 0 saturated heterocycles. The lowest BCUT2D eigenvalue weighted by Gasteiger charge is -2.38. The number of rotatable bonds is 12. The molecule has 0 unspecified atom stereocenters. The van der Waals surface area contributed by atoms with E-state index < -0.39 is 98.3 Å². The van der Waals surface area contributed by atoms with E-state index in [4.69, 9.17) is 0 Å². The number of halogens is 22. The van der Waals surface area contributed by atoms with Crippen LogP contribution in [-0.4, -0.2) is 88.4 Å². The molecular weight excluding hydrogens is 734 g/mol. The van der Waals surface area contributed by atoms with Crippen molar-refractivity contribution in [2.24, 2.45) is 0 Å². The highest BCUT2D eigenvalue weighted by molar-refractivity contribution is 7.88. The van der Waals surface area contributed by atoms with E-state index in [9.17, 15) is 113 Å². The van der Waals surface area contributed by atoms with Crippen LogP contribution in [0.15, 0.2) is 0 Å². The van der Waals surface area contributed by atoms with E-state index in [1.54, 1.807) is 0 Å². The second kappa shape index (κ2) is 11.0. The molecule has 0 aromatic rings. The molecule has 30 heteroatoms. The molecule has 0 N–H and O–H groups in total. The highest BCUT2D eigenvalue weighted by atomic mass is 32.2. The van der Waals surface area contributed by atoms with Crippen molar-refractivity contribution in [1.29, 1.82) is 0 Å². The van der Waals surface area contributed by atoms with Crippen LogP contribution < -0.4 is 0 Å². The average molecular weight is 740 g/mol. The second-order valence-corrected chi connectivity index (χ2v) is 10.7. The third kappa shape index (κ3) is 6.11. The quantitative estimate of drug-likeness (QED) is 0.135. The first-order valence-corrected chi connectivity index (χ1v) is 12.0. The van der Waals surface area contributed by atoms with E-state index >= 15 is 0 Å². The van der Waals surface area contributed by atoms with Gasteiger partial charge in [0.2, 0.25) is 0 Å². The maximum atomic E-state index is 13.6. The van der Waals surface area contributed by atoms with Crippen LogP contribution in [0, 0.1) is 0 Å². The van der Waals surface area contributed by atoms with Crippen molar-refractivity contribution in [3.63, 3.8) is 0 Å². The lowest BCUT2D eigenvalue weighted by atomic mass is 9.96. The fourth-order valence-electron chi connectivity index (χ4n) is 2.29. The molecule has 0 aliphatic rings. The van der Waals surface area contributed by atoms with E-state index in [0.29, 0.717) is 0 Å². The molecule has 0 atom stereocenters. The van der Waals surface area contributed by atoms with E-state index in [-0.39, 0.29) is 0 Å². The van der Waals surface area contributed by atoms with Gasteiger partial charge < -0.3 is 0 Å². The second-order valence-electron chi connectivity index (χ2n) is 7.40. The third-order valence-electron chi connectivity index (χ3n) is 4.55. The minimum atomic E-state index is -8.35. The Balaban J connectivity index is 6.04. The highest BCUT2D eigenvalue weighted by Crippen LogP contribution is 2.61. The number of hydrogen-bond donors (Lipinski definition) is 0. The molecule has 0 fully saturated rings. The summed E-state index contributed by atoms with van der Waals surface area (Å²) in [7, 11) is -15.9. The summed E-state index contributed by atoms with van der Waals surface area (Å²) in [5, 5.41) is -15.7. The SMILES string of the molecule is O=S(=O)(OCCCOS(=O)(=O)C(F)(F)C(F)(F)C(F)(C(F)(F)F)C(F)(F)F)C(F)(F)C(F)(F)C(F)(C(F)(F)F)C(F)(F)F. The van der Waals surface area contributed by atoms with Gasteiger partial charge in [0.25, 0.3) is 0 Å². The molecule has 43 heavy (non-hydrogen) atoms. The first-order chi connectivity index (χ1) is 18.2. The lowest BCUT2D eigenvalue weighted by molar-refractivity contribution is -0.417. The van der Waals surface area contributed by atoms with Crippen LogP contribution in [0.3, 0.4) is 0 Å². The molecule has 0 radical (unpaired) electrons. The summed E-state index contributed by atoms with van der Waals surface area (Å²) in [6.45, 7) is -5.05. The van der Waals surface area contributed by atoms with Crippen molar-refractivity contribution in [3.8, 4) is 0 Å². The summed E-state index contributed by atoms with van der Waals surface area (Å²) in [5.41, 5.74) is -16.7. The van der Waals surface area contributed by atoms with E-state index in [1.807, 2.05) is 0 Å². The normalized spacial score (nSPS) is 16.5. The summed E-state index contributed by atoms with van der Waals surface area (Å²) < 4.78 is 334. The standard InChI is InChI=1S/C13H6F22O6S2/c14-4(8(20,21)22,9(23,24)25)6(16,17)12(32,33)42(36,37)40-2-1-3-41-43(38,39)13(34,35)7(18,19)5(15,10(26,27)28)11(29,30)31/h1-3H2. The van der Waals surface area contributed by atoms with Gasteiger partial charge >= 0.3 is 78.6 Å². The van der Waals surface area contributed by atoms with Gasteiger partial charge in [-0.15, -0.1) is 0 Å². The minimum absolute atomic E-state index is 2.11. The number of hydrogen-bond acceptors (Lipinski definition) is 6. The lowest BCUT2D eigenvalue weighted by Crippen LogP contribution is -2.71. The maximum absolute atomic E-state index is 13.6. The molecule has 260 valence electrons. The summed E-state index contributed by atoms with van der Waals surface area (Å²) in [6, 6.07) is 0. The van der Waals surface area contributed by atoms with Gasteiger partial charge in [0.05, 0.1) is 13.2 Å². The van der Waals surface area contributed by atoms with Crippen molar-refractivity contribution in [2.45, 2.75) is 64.8 Å². The fraction of sp³-hybridized carbons (Fsp3) is 1.00. The average Bonchev–Trinajstić information content (AvgIpc) is 2.73. The molecule has 0 saturated carbocycles. The Kier molecular flexibility index (Phi) is 10.5. The number of alkyl halides is 22. The molecule has 0 bridgehead atoms. The summed E-state index contributed by atoms with van der Waals surface area (Å²) in [4.78, 5) is 0. The van der Waals surface area contributed by atoms with Gasteiger partial charge in [-0.1, -0.05) is 0 Å². The van der Waals surface area contributed by atoms with Crippen molar-refractivity contribution in [2.75, 3.05) is 13.2 Å². The fourth-order valence-corrected chi connectivity index (χ4v) is 4.17. The molecule has 0 aromatic heterocycles. The first kappa shape index (κ1) is 41.3. The van der Waals surface area contributed by atoms with Gasteiger partial charge in [0, 0.05) is 0 Å². The Bertz CT molecular complexity index is 1090. The minimum Gasteiger partial charge on any atom is -0.265 e. The van der Waals surface area contributed by atoms with Gasteiger partial charge in [0.15, 0.2) is 0 Å². The Hall–Kier alpha value is -1.72. The Morgan fingerprint density at radius 2 is 0.558 bits per heavy atom. The zero-order valence-electron chi connectivity index (χ0n) is 18.7. The van der Waals surface area contributed by atoms with E-state index in [0.717, 1.165) is 0 Å². The van der Waals surface area contributed by atoms with Crippen molar-refractivity contribution in [1.82, 2.24) is 0 Å². The van der Waals surface area contributed by atoms with Crippen LogP contribution in [0.2, 0.25) is 0 Å². The molecule has 0 spiro atoms. The van der Waals surface area contributed by atoms with Crippen molar-refractivity contribution < 1.29 is 122 Å². The van der Waals surface area contributed by atoms with Gasteiger partial charge in [-0.3, -0.25) is 8.37 Å². The van der Waals surface area contributed by atoms with Crippen LogP contribution in [0.5, 0.6) is 0 Å². The van der Waals surface area contributed by atoms with Gasteiger partial charge in [-0.2, -0.15) is 105 Å². The topological polar surface area (TPSA) is 86.7 Å². The third-order valence-corrected chi connectivity index (χ3v) is 7.28. The van der Waals surface area contributed by atoms with Crippen LogP contribution in [0.4, 0.5) is 96.6 Å². The molecule has 0 aliphatic heterocycles. The van der Waals surface area contributed by atoms with Crippen LogP contribution in [-0.2, 0) is 28.6 Å². The summed E-state index contributed by atoms with van der Waals surface area (Å²) >= 11 is 0. The molecule has 6 nitrogen and oxygen atoms in total. The largest absolute Gasteiger partial charge is 0.438 e. The van der Waals surface area contributed by atoms with Crippen molar-refractivity contribution in [3.05, 3.63) is 0 Å². The monoisotopic (exact) mass is 740 g/mol. The molecule has 0 heterocycles. The zero-order chi connectivity index (χ0) is 35.5. The van der Waals surface area contributed by atoms with Crippen LogP contribution >= 0.6 is 0 Å². The van der Waals surface area contributed by atoms with Crippen molar-refractivity contribution >= 4 is 20.2 Å². The highest BCUT2D eigenvalue weighted by Gasteiger charge is 2.94. The Morgan fingerprint density at radius 3 is 0.721 bits per heavy atom. The first-order valence-electron chi connectivity index (χ1n) is 9.14. The maximum Gasteiger partial charge on any atom is 0.438 e. The van der Waals surface area contributed by atoms with E-state index in [2.05, 4.69) is 8.37 Å².